The number of carboxylic acids is 1. The number of aryl methyl sites for hydroxylation is 1. The Balaban J connectivity index is 0.00000420. The van der Waals surface area contributed by atoms with Gasteiger partial charge in [0, 0.05) is 5.56 Å². The molecule has 0 saturated heterocycles. The van der Waals surface area contributed by atoms with E-state index in [-0.39, 0.29) is 18.9 Å². The molecule has 0 unspecified atom stereocenters. The van der Waals surface area contributed by atoms with E-state index in [0.29, 0.717) is 17.7 Å². The molecule has 6 heteroatoms. The van der Waals surface area contributed by atoms with Gasteiger partial charge in [-0.05, 0) is 82.5 Å². The molecule has 0 saturated carbocycles. The SMILES string of the molecule is CSCC[C@H](NC(=O)c1ccc(/C=C/c2cccc(-c3ccccc3)c2)cc1-c1ccccc1C)C(=O)[O-].[Li+]. The van der Waals surface area contributed by atoms with Gasteiger partial charge in [-0.25, -0.2) is 0 Å². The molecule has 0 aliphatic heterocycles. The van der Waals surface area contributed by atoms with Crippen LogP contribution < -0.4 is 29.3 Å². The Morgan fingerprint density at radius 2 is 1.49 bits per heavy atom. The molecular formula is C33H30LiNO3S. The summed E-state index contributed by atoms with van der Waals surface area (Å²) in [6.07, 6.45) is 6.28. The van der Waals surface area contributed by atoms with E-state index in [1.807, 2.05) is 79.9 Å². The van der Waals surface area contributed by atoms with Crippen molar-refractivity contribution < 1.29 is 33.6 Å². The molecule has 0 spiro atoms. The third-order valence-corrected chi connectivity index (χ3v) is 7.03. The van der Waals surface area contributed by atoms with Crippen LogP contribution in [0.4, 0.5) is 0 Å². The third kappa shape index (κ3) is 8.00. The number of hydrogen-bond acceptors (Lipinski definition) is 4. The van der Waals surface area contributed by atoms with Gasteiger partial charge in [-0.15, -0.1) is 0 Å². The third-order valence-electron chi connectivity index (χ3n) is 6.39. The zero-order chi connectivity index (χ0) is 26.9. The van der Waals surface area contributed by atoms with Crippen LogP contribution in [0.5, 0.6) is 0 Å². The second-order valence-corrected chi connectivity index (χ2v) is 10.1. The number of aliphatic carboxylic acids is 1. The molecule has 1 N–H and O–H groups in total. The zero-order valence-corrected chi connectivity index (χ0v) is 23.3. The second-order valence-electron chi connectivity index (χ2n) is 9.07. The summed E-state index contributed by atoms with van der Waals surface area (Å²) < 4.78 is 0. The number of carbonyl (C=O) groups excluding carboxylic acids is 2. The summed E-state index contributed by atoms with van der Waals surface area (Å²) in [5.74, 6) is -1.09. The van der Waals surface area contributed by atoms with Crippen molar-refractivity contribution >= 4 is 35.8 Å². The van der Waals surface area contributed by atoms with Crippen molar-refractivity contribution in [2.24, 2.45) is 0 Å². The van der Waals surface area contributed by atoms with Gasteiger partial charge in [-0.3, -0.25) is 4.79 Å². The second kappa shape index (κ2) is 14.6. The predicted octanol–water partition coefficient (Wildman–Crippen LogP) is 3.10. The molecule has 0 aliphatic rings. The van der Waals surface area contributed by atoms with Gasteiger partial charge in [0.05, 0.1) is 12.0 Å². The van der Waals surface area contributed by atoms with Crippen LogP contribution in [0.15, 0.2) is 97.1 Å². The minimum atomic E-state index is -1.28. The number of carboxylic acid groups (broad SMARTS) is 1. The van der Waals surface area contributed by atoms with Gasteiger partial charge in [-0.1, -0.05) is 91.0 Å². The number of carbonyl (C=O) groups is 2. The first-order valence-corrected chi connectivity index (χ1v) is 13.9. The largest absolute Gasteiger partial charge is 1.00 e. The Kier molecular flexibility index (Phi) is 11.3. The Morgan fingerprint density at radius 3 is 2.18 bits per heavy atom. The van der Waals surface area contributed by atoms with Crippen LogP contribution in [-0.2, 0) is 4.79 Å². The van der Waals surface area contributed by atoms with E-state index in [0.717, 1.165) is 38.9 Å². The first kappa shape index (κ1) is 30.1. The smallest absolute Gasteiger partial charge is 0.548 e. The van der Waals surface area contributed by atoms with Crippen molar-refractivity contribution in [1.29, 1.82) is 0 Å². The van der Waals surface area contributed by atoms with E-state index in [1.165, 1.54) is 11.8 Å². The van der Waals surface area contributed by atoms with Gasteiger partial charge < -0.3 is 15.2 Å². The van der Waals surface area contributed by atoms with Gasteiger partial charge in [-0.2, -0.15) is 11.8 Å². The fourth-order valence-electron chi connectivity index (χ4n) is 4.33. The average molecular weight is 528 g/mol. The van der Waals surface area contributed by atoms with Crippen LogP contribution in [0.1, 0.15) is 33.5 Å². The van der Waals surface area contributed by atoms with Crippen LogP contribution in [0.25, 0.3) is 34.4 Å². The maximum atomic E-state index is 13.3. The summed E-state index contributed by atoms with van der Waals surface area (Å²) in [4.78, 5) is 24.9. The topological polar surface area (TPSA) is 69.2 Å². The summed E-state index contributed by atoms with van der Waals surface area (Å²) in [6, 6.07) is 31.0. The quantitative estimate of drug-likeness (QED) is 0.254. The first-order valence-electron chi connectivity index (χ1n) is 12.5. The minimum Gasteiger partial charge on any atom is -0.548 e. The molecule has 1 atom stereocenters. The molecule has 4 aromatic carbocycles. The van der Waals surface area contributed by atoms with Crippen molar-refractivity contribution in [3.63, 3.8) is 0 Å². The zero-order valence-electron chi connectivity index (χ0n) is 22.5. The van der Waals surface area contributed by atoms with Crippen molar-refractivity contribution in [2.75, 3.05) is 12.0 Å². The average Bonchev–Trinajstić information content (AvgIpc) is 2.94. The van der Waals surface area contributed by atoms with E-state index in [4.69, 9.17) is 0 Å². The van der Waals surface area contributed by atoms with E-state index >= 15 is 0 Å². The standard InChI is InChI=1S/C33H31NO3S.Li/c1-23-9-6-7-14-28(23)30-22-25(17-18-29(30)32(35)34-31(33(36)37)19-20-38-2)16-15-24-10-8-13-27(21-24)26-11-4-3-5-12-26;/h3-18,21-22,31H,19-20H2,1-2H3,(H,34,35)(H,36,37);/q;+1/p-1/b16-15+;/t31-;/m0./s1. The number of amides is 1. The summed E-state index contributed by atoms with van der Waals surface area (Å²) in [5.41, 5.74) is 7.43. The molecular weight excluding hydrogens is 497 g/mol. The molecule has 0 radical (unpaired) electrons. The monoisotopic (exact) mass is 527 g/mol. The van der Waals surface area contributed by atoms with E-state index in [2.05, 4.69) is 41.7 Å². The van der Waals surface area contributed by atoms with Gasteiger partial charge in [0.1, 0.15) is 0 Å². The van der Waals surface area contributed by atoms with E-state index in [9.17, 15) is 14.7 Å². The molecule has 0 aliphatic carbocycles. The van der Waals surface area contributed by atoms with Crippen molar-refractivity contribution in [2.45, 2.75) is 19.4 Å². The number of nitrogens with one attached hydrogen (secondary N) is 1. The summed E-state index contributed by atoms with van der Waals surface area (Å²) in [5, 5.41) is 14.3. The maximum absolute atomic E-state index is 13.3. The Hall–Kier alpha value is -3.49. The van der Waals surface area contributed by atoms with Crippen LogP contribution in [0, 0.1) is 6.92 Å². The Morgan fingerprint density at radius 1 is 0.821 bits per heavy atom. The number of hydrogen-bond donors (Lipinski definition) is 1. The van der Waals surface area contributed by atoms with Crippen molar-refractivity contribution in [3.05, 3.63) is 119 Å². The van der Waals surface area contributed by atoms with Crippen LogP contribution in [0.2, 0.25) is 0 Å². The van der Waals surface area contributed by atoms with Crippen molar-refractivity contribution in [1.82, 2.24) is 5.32 Å². The fourth-order valence-corrected chi connectivity index (χ4v) is 4.80. The molecule has 4 rings (SSSR count). The Bertz CT molecular complexity index is 1450. The molecule has 0 bridgehead atoms. The normalized spacial score (nSPS) is 11.5. The summed E-state index contributed by atoms with van der Waals surface area (Å²) in [7, 11) is 0. The fraction of sp³-hybridized carbons (Fsp3) is 0.152. The van der Waals surface area contributed by atoms with Gasteiger partial charge in [0.15, 0.2) is 0 Å². The summed E-state index contributed by atoms with van der Waals surface area (Å²) >= 11 is 1.53. The van der Waals surface area contributed by atoms with Gasteiger partial charge in [0.2, 0.25) is 0 Å². The number of benzene rings is 4. The molecule has 0 heterocycles. The van der Waals surface area contributed by atoms with Gasteiger partial charge >= 0.3 is 18.9 Å². The van der Waals surface area contributed by atoms with E-state index < -0.39 is 17.9 Å². The molecule has 4 aromatic rings. The van der Waals surface area contributed by atoms with Crippen LogP contribution in [0.3, 0.4) is 0 Å². The first-order chi connectivity index (χ1) is 18.5. The van der Waals surface area contributed by atoms with Crippen molar-refractivity contribution in [3.8, 4) is 22.3 Å². The summed E-state index contributed by atoms with van der Waals surface area (Å²) in [6.45, 7) is 2.00. The van der Waals surface area contributed by atoms with Crippen LogP contribution in [-0.4, -0.2) is 29.9 Å². The molecule has 0 fully saturated rings. The molecule has 0 aromatic heterocycles. The predicted molar refractivity (Wildman–Crippen MR) is 157 cm³/mol. The van der Waals surface area contributed by atoms with E-state index in [1.54, 1.807) is 6.07 Å². The number of rotatable bonds is 10. The minimum absolute atomic E-state index is 0. The molecule has 39 heavy (non-hydrogen) atoms. The number of thioether (sulfide) groups is 1. The molecule has 4 nitrogen and oxygen atoms in total. The molecule has 1 amide bonds. The maximum Gasteiger partial charge on any atom is 1.00 e. The Labute approximate surface area is 246 Å². The van der Waals surface area contributed by atoms with Gasteiger partial charge in [0.25, 0.3) is 5.91 Å². The molecule has 192 valence electrons. The van der Waals surface area contributed by atoms with Crippen LogP contribution >= 0.6 is 11.8 Å².